The number of carbonyl (C=O) groups excluding carboxylic acids is 1. The van der Waals surface area contributed by atoms with Crippen molar-refractivity contribution in [3.63, 3.8) is 0 Å². The lowest BCUT2D eigenvalue weighted by Gasteiger charge is -2.28. The summed E-state index contributed by atoms with van der Waals surface area (Å²) in [6.45, 7) is 4.92. The van der Waals surface area contributed by atoms with E-state index in [9.17, 15) is 23.9 Å². The average molecular weight is 567 g/mol. The maximum atomic E-state index is 13.7. The zero-order valence-corrected chi connectivity index (χ0v) is 23.1. The first-order valence-corrected chi connectivity index (χ1v) is 13.0. The van der Waals surface area contributed by atoms with Crippen LogP contribution < -0.4 is 15.2 Å². The van der Waals surface area contributed by atoms with Crippen LogP contribution in [0.4, 0.5) is 9.18 Å². The molecule has 0 aliphatic heterocycles. The second-order valence-corrected chi connectivity index (χ2v) is 10.8. The molecule has 208 valence electrons. The Bertz CT molecular complexity index is 1580. The van der Waals surface area contributed by atoms with Crippen molar-refractivity contribution in [1.29, 1.82) is 0 Å². The lowest BCUT2D eigenvalue weighted by atomic mass is 10.2. The van der Waals surface area contributed by atoms with Gasteiger partial charge in [0.05, 0.1) is 5.56 Å². The van der Waals surface area contributed by atoms with Crippen molar-refractivity contribution < 1.29 is 28.6 Å². The van der Waals surface area contributed by atoms with Gasteiger partial charge in [0, 0.05) is 19.7 Å². The number of halogens is 1. The highest BCUT2D eigenvalue weighted by atomic mass is 32.1. The third kappa shape index (κ3) is 6.70. The molecule has 1 amide bonds. The maximum Gasteiger partial charge on any atom is 0.429 e. The minimum absolute atomic E-state index is 0.0219. The number of carboxylic acid groups (broad SMARTS) is 1. The molecule has 0 spiro atoms. The predicted octanol–water partition coefficient (Wildman–Crippen LogP) is 4.88. The summed E-state index contributed by atoms with van der Waals surface area (Å²) in [5, 5.41) is 20.1. The summed E-state index contributed by atoms with van der Waals surface area (Å²) in [5.41, 5.74) is -0.683. The van der Waals surface area contributed by atoms with Crippen LogP contribution in [0.15, 0.2) is 65.6 Å². The van der Waals surface area contributed by atoms with Crippen molar-refractivity contribution >= 4 is 23.4 Å². The quantitative estimate of drug-likeness (QED) is 0.320. The van der Waals surface area contributed by atoms with Gasteiger partial charge in [-0.15, -0.1) is 10.2 Å². The first-order valence-electron chi connectivity index (χ1n) is 12.2. The smallest absolute Gasteiger partial charge is 0.429 e. The monoisotopic (exact) mass is 566 g/mol. The van der Waals surface area contributed by atoms with Gasteiger partial charge in [0.2, 0.25) is 11.2 Å². The molecule has 0 aliphatic rings. The molecule has 4 rings (SSSR count). The number of rotatable bonds is 8. The Balaban J connectivity index is 1.81. The molecule has 40 heavy (non-hydrogen) atoms. The van der Waals surface area contributed by atoms with Gasteiger partial charge < -0.3 is 14.6 Å². The fraction of sp³-hybridized carbons (Fsp3) is 0.250. The van der Waals surface area contributed by atoms with Crippen LogP contribution in [0.5, 0.6) is 5.75 Å². The lowest BCUT2D eigenvalue weighted by Crippen LogP contribution is -2.43. The molecule has 0 bridgehead atoms. The molecule has 0 saturated heterocycles. The van der Waals surface area contributed by atoms with Gasteiger partial charge >= 0.3 is 12.1 Å². The molecular formula is C28H27FN4O6S. The molecule has 1 N–H and O–H groups in total. The number of ether oxygens (including phenoxy) is 2. The number of carboxylic acids is 1. The molecule has 0 saturated carbocycles. The van der Waals surface area contributed by atoms with E-state index in [1.54, 1.807) is 57.2 Å². The van der Waals surface area contributed by atoms with Gasteiger partial charge in [0.1, 0.15) is 23.0 Å². The Labute approximate surface area is 233 Å². The van der Waals surface area contributed by atoms with Crippen LogP contribution in [-0.2, 0) is 17.8 Å². The average Bonchev–Trinajstić information content (AvgIpc) is 3.36. The number of carbonyl (C=O) groups is 2. The number of aromatic carboxylic acids is 1. The van der Waals surface area contributed by atoms with Gasteiger partial charge in [0.15, 0.2) is 10.7 Å². The zero-order chi connectivity index (χ0) is 29.0. The number of pyridine rings is 1. The Morgan fingerprint density at radius 2 is 1.73 bits per heavy atom. The van der Waals surface area contributed by atoms with Crippen LogP contribution in [0, 0.1) is 5.82 Å². The van der Waals surface area contributed by atoms with Gasteiger partial charge in [-0.3, -0.25) is 4.79 Å². The van der Waals surface area contributed by atoms with E-state index in [1.807, 2.05) is 6.07 Å². The fourth-order valence-electron chi connectivity index (χ4n) is 3.65. The summed E-state index contributed by atoms with van der Waals surface area (Å²) < 4.78 is 25.5. The van der Waals surface area contributed by atoms with E-state index >= 15 is 0 Å². The van der Waals surface area contributed by atoms with E-state index in [0.29, 0.717) is 17.0 Å². The zero-order valence-electron chi connectivity index (χ0n) is 22.3. The molecule has 2 aromatic carbocycles. The van der Waals surface area contributed by atoms with Gasteiger partial charge in [-0.2, -0.15) is 0 Å². The Kier molecular flexibility index (Phi) is 8.29. The molecule has 0 aliphatic carbocycles. The second kappa shape index (κ2) is 11.7. The van der Waals surface area contributed by atoms with E-state index in [1.165, 1.54) is 25.4 Å². The lowest BCUT2D eigenvalue weighted by molar-refractivity contribution is 0.0544. The van der Waals surface area contributed by atoms with Crippen LogP contribution in [0.2, 0.25) is 0 Å². The van der Waals surface area contributed by atoms with Crippen molar-refractivity contribution in [3.05, 3.63) is 98.7 Å². The van der Waals surface area contributed by atoms with Crippen molar-refractivity contribution in [2.45, 2.75) is 39.4 Å². The van der Waals surface area contributed by atoms with E-state index in [0.717, 1.165) is 26.6 Å². The van der Waals surface area contributed by atoms with Crippen molar-refractivity contribution in [3.8, 4) is 16.3 Å². The summed E-state index contributed by atoms with van der Waals surface area (Å²) in [5.74, 6) is -2.33. The van der Waals surface area contributed by atoms with Crippen LogP contribution in [0.3, 0.4) is 0 Å². The molecule has 12 heteroatoms. The molecule has 0 fully saturated rings. The Morgan fingerprint density at radius 3 is 2.35 bits per heavy atom. The number of nitrogens with zero attached hydrogens (tertiary/aromatic N) is 4. The van der Waals surface area contributed by atoms with E-state index in [2.05, 4.69) is 10.2 Å². The molecule has 0 radical (unpaired) electrons. The van der Waals surface area contributed by atoms with Gasteiger partial charge in [-0.05, 0) is 44.0 Å². The topological polar surface area (TPSA) is 124 Å². The first kappa shape index (κ1) is 28.4. The van der Waals surface area contributed by atoms with E-state index < -0.39 is 34.5 Å². The normalized spacial score (nSPS) is 11.2. The van der Waals surface area contributed by atoms with E-state index in [4.69, 9.17) is 9.47 Å². The molecule has 2 aromatic heterocycles. The summed E-state index contributed by atoms with van der Waals surface area (Å²) in [4.78, 5) is 39.0. The first-order chi connectivity index (χ1) is 18.9. The van der Waals surface area contributed by atoms with Gasteiger partial charge in [-0.25, -0.2) is 23.7 Å². The number of hydrogen-bond acceptors (Lipinski definition) is 8. The fourth-order valence-corrected chi connectivity index (χ4v) is 4.53. The van der Waals surface area contributed by atoms with Crippen molar-refractivity contribution in [2.24, 2.45) is 0 Å². The highest BCUT2D eigenvalue weighted by Crippen LogP contribution is 2.27. The molecule has 0 unspecified atom stereocenters. The number of benzene rings is 2. The Morgan fingerprint density at radius 1 is 1.05 bits per heavy atom. The highest BCUT2D eigenvalue weighted by molar-refractivity contribution is 7.14. The van der Waals surface area contributed by atoms with Crippen LogP contribution in [0.25, 0.3) is 10.6 Å². The molecular weight excluding hydrogens is 539 g/mol. The number of amides is 1. The van der Waals surface area contributed by atoms with Crippen LogP contribution in [-0.4, -0.2) is 44.7 Å². The third-order valence-electron chi connectivity index (χ3n) is 5.52. The van der Waals surface area contributed by atoms with Crippen molar-refractivity contribution in [1.82, 2.24) is 14.9 Å². The summed E-state index contributed by atoms with van der Waals surface area (Å²) in [7, 11) is 1.32. The summed E-state index contributed by atoms with van der Waals surface area (Å²) >= 11 is 1.11. The summed E-state index contributed by atoms with van der Waals surface area (Å²) in [6, 6.07) is 14.8. The van der Waals surface area contributed by atoms with Gasteiger partial charge in [-0.1, -0.05) is 53.8 Å². The van der Waals surface area contributed by atoms with Crippen molar-refractivity contribution in [2.75, 3.05) is 12.1 Å². The predicted molar refractivity (Wildman–Crippen MR) is 147 cm³/mol. The number of hydrogen-bond donors (Lipinski definition) is 1. The van der Waals surface area contributed by atoms with Crippen LogP contribution in [0.1, 0.15) is 47.4 Å². The van der Waals surface area contributed by atoms with Crippen LogP contribution >= 0.6 is 11.3 Å². The summed E-state index contributed by atoms with van der Waals surface area (Å²) in [6.07, 6.45) is 0.690. The molecule has 4 aromatic rings. The largest absolute Gasteiger partial charge is 0.482 e. The highest BCUT2D eigenvalue weighted by Gasteiger charge is 2.30. The maximum absolute atomic E-state index is 13.7. The number of aromatic nitrogens is 3. The molecule has 0 atom stereocenters. The second-order valence-electron chi connectivity index (χ2n) is 9.78. The van der Waals surface area contributed by atoms with E-state index in [-0.39, 0.29) is 23.0 Å². The minimum Gasteiger partial charge on any atom is -0.482 e. The third-order valence-corrected chi connectivity index (χ3v) is 6.48. The van der Waals surface area contributed by atoms with Gasteiger partial charge in [0.25, 0.3) is 0 Å². The molecule has 10 nitrogen and oxygen atoms in total. The Hall–Kier alpha value is -4.58. The minimum atomic E-state index is -1.49. The SMILES string of the molecule is CN(C(=O)OC(C)(C)C)n1cc(-c2nnc(Cc3ccc(F)cc3)s2)c(=O)c(OCc2ccccc2)c1C(=O)O. The molecule has 2 heterocycles. The standard InChI is InChI=1S/C28H27FN4O6S/c1-28(2,3)39-27(37)32(4)33-15-20(25-31-30-21(40-25)14-17-10-12-19(29)13-11-17)23(34)24(22(33)26(35)36)38-16-18-8-6-5-7-9-18/h5-13,15H,14,16H2,1-4H3,(H,35,36).